The zero-order valence-corrected chi connectivity index (χ0v) is 7.66. The van der Waals surface area contributed by atoms with Crippen LogP contribution in [0.5, 0.6) is 0 Å². The Morgan fingerprint density at radius 1 is 1.75 bits per heavy atom. The average molecular weight is 236 g/mol. The van der Waals surface area contributed by atoms with E-state index in [1.165, 1.54) is 0 Å². The van der Waals surface area contributed by atoms with Gasteiger partial charge >= 0.3 is 0 Å². The number of rotatable bonds is 1. The first-order valence-corrected chi connectivity index (χ1v) is 3.58. The lowest BCUT2D eigenvalue weighted by Crippen LogP contribution is -1.77. The van der Waals surface area contributed by atoms with Gasteiger partial charge in [-0.05, 0) is 34.4 Å². The third-order valence-electron chi connectivity index (χ3n) is 0.600. The van der Waals surface area contributed by atoms with Gasteiger partial charge in [0.2, 0.25) is 0 Å². The largest absolute Gasteiger partial charge is 0.147 e. The van der Waals surface area contributed by atoms with E-state index in [1.807, 2.05) is 6.92 Å². The van der Waals surface area contributed by atoms with Gasteiger partial charge in [-0.25, -0.2) is 0 Å². The zero-order chi connectivity index (χ0) is 6.73. The molecule has 0 aromatic carbocycles. The van der Waals surface area contributed by atoms with Crippen LogP contribution >= 0.6 is 35.2 Å². The summed E-state index contributed by atoms with van der Waals surface area (Å²) in [5.74, 6) is 0. The topological polar surface area (TPSA) is 0 Å². The molecule has 0 aliphatic carbocycles. The summed E-state index contributed by atoms with van der Waals surface area (Å²) in [6.07, 6.45) is 0. The van der Waals surface area contributed by atoms with Crippen molar-refractivity contribution in [2.75, 3.05) is 0 Å². The van der Waals surface area contributed by atoms with Gasteiger partial charge in [-0.2, -0.15) is 0 Å². The van der Waals surface area contributed by atoms with Crippen LogP contribution in [0.1, 0.15) is 6.92 Å². The van der Waals surface area contributed by atoms with Crippen LogP contribution in [0, 0.1) is 0 Å². The predicted molar refractivity (Wildman–Crippen MR) is 50.6 cm³/mol. The highest BCUT2D eigenvalue weighted by molar-refractivity contribution is 14.1. The first-order chi connectivity index (χ1) is 3.55. The molecule has 0 heterocycles. The molecule has 0 saturated heterocycles. The van der Waals surface area contributed by atoms with Gasteiger partial charge in [0.25, 0.3) is 0 Å². The van der Waals surface area contributed by atoms with Gasteiger partial charge in [0, 0.05) is 3.58 Å². The maximum atomic E-state index is 5.33. The van der Waals surface area contributed by atoms with Crippen LogP contribution < -0.4 is 0 Å². The van der Waals surface area contributed by atoms with Crippen molar-refractivity contribution in [2.24, 2.45) is 0 Å². The van der Waals surface area contributed by atoms with E-state index in [4.69, 9.17) is 7.85 Å². The molecule has 42 valence electrons. The molecule has 0 aromatic heterocycles. The average Bonchev–Trinajstić information content (AvgIpc) is 1.64. The fourth-order valence-electron chi connectivity index (χ4n) is 0.232. The highest BCUT2D eigenvalue weighted by Crippen LogP contribution is 2.19. The van der Waals surface area contributed by atoms with Gasteiger partial charge in [-0.15, -0.1) is 19.2 Å². The normalized spacial score (nSPS) is 12.9. The summed E-state index contributed by atoms with van der Waals surface area (Å²) < 4.78 is 0.936. The van der Waals surface area contributed by atoms with Gasteiger partial charge in [-0.3, -0.25) is 0 Å². The van der Waals surface area contributed by atoms with Gasteiger partial charge in [-0.1, -0.05) is 5.47 Å². The number of halogens is 1. The highest BCUT2D eigenvalue weighted by Gasteiger charge is 1.91. The molecule has 0 atom stereocenters. The van der Waals surface area contributed by atoms with Crippen molar-refractivity contribution in [1.29, 1.82) is 0 Å². The van der Waals surface area contributed by atoms with Crippen molar-refractivity contribution in [2.45, 2.75) is 6.92 Å². The summed E-state index contributed by atoms with van der Waals surface area (Å²) in [6.45, 7) is 5.42. The molecule has 8 heavy (non-hydrogen) atoms. The second-order valence-electron chi connectivity index (χ2n) is 1.42. The monoisotopic (exact) mass is 236 g/mol. The summed E-state index contributed by atoms with van der Waals surface area (Å²) in [4.78, 5) is 0.915. The minimum atomic E-state index is 0.582. The molecule has 0 aliphatic rings. The van der Waals surface area contributed by atoms with Crippen LogP contribution in [0.15, 0.2) is 20.5 Å². The van der Waals surface area contributed by atoms with E-state index >= 15 is 0 Å². The Balaban J connectivity index is 4.23. The Bertz CT molecular complexity index is 135. The predicted octanol–water partition coefficient (Wildman–Crippen LogP) is 2.26. The third kappa shape index (κ3) is 2.82. The van der Waals surface area contributed by atoms with Crippen molar-refractivity contribution in [1.82, 2.24) is 0 Å². The molecular weight excluding hydrogens is 230 g/mol. The maximum absolute atomic E-state index is 5.33. The van der Waals surface area contributed by atoms with Crippen LogP contribution in [0.4, 0.5) is 0 Å². The maximum Gasteiger partial charge on any atom is 0.114 e. The van der Waals surface area contributed by atoms with Gasteiger partial charge < -0.3 is 0 Å². The van der Waals surface area contributed by atoms with E-state index in [0.29, 0.717) is 5.47 Å². The summed E-state index contributed by atoms with van der Waals surface area (Å²) in [6, 6.07) is 0. The lowest BCUT2D eigenvalue weighted by Gasteiger charge is -1.96. The minimum Gasteiger partial charge on any atom is -0.147 e. The molecule has 0 fully saturated rings. The SMILES string of the molecule is [B]C(=C)/C(I)=C(\C)S. The lowest BCUT2D eigenvalue weighted by atomic mass is 9.98. The minimum absolute atomic E-state index is 0.582. The third-order valence-corrected chi connectivity index (χ3v) is 2.75. The first-order valence-electron chi connectivity index (χ1n) is 2.05. The van der Waals surface area contributed by atoms with Crippen LogP contribution in [-0.4, -0.2) is 7.85 Å². The van der Waals surface area contributed by atoms with E-state index < -0.39 is 0 Å². The molecule has 0 aromatic rings. The molecule has 2 radical (unpaired) electrons. The van der Waals surface area contributed by atoms with Crippen molar-refractivity contribution in [3.63, 3.8) is 0 Å². The molecule has 0 unspecified atom stereocenters. The molecular formula is C5H6BIS. The Morgan fingerprint density at radius 3 is 2.12 bits per heavy atom. The van der Waals surface area contributed by atoms with Gasteiger partial charge in [0.1, 0.15) is 7.85 Å². The van der Waals surface area contributed by atoms with E-state index in [1.54, 1.807) is 0 Å². The summed E-state index contributed by atoms with van der Waals surface area (Å²) in [5.41, 5.74) is 0.582. The number of allylic oxidation sites excluding steroid dienone is 3. The fourth-order valence-corrected chi connectivity index (χ4v) is 0.376. The Labute approximate surface area is 70.4 Å². The summed E-state index contributed by atoms with van der Waals surface area (Å²) in [5, 5.41) is 0. The Morgan fingerprint density at radius 2 is 2.12 bits per heavy atom. The van der Waals surface area contributed by atoms with E-state index in [0.717, 1.165) is 8.48 Å². The molecule has 0 aliphatic heterocycles. The van der Waals surface area contributed by atoms with Gasteiger partial charge in [0.05, 0.1) is 0 Å². The van der Waals surface area contributed by atoms with Crippen LogP contribution in [-0.2, 0) is 0 Å². The van der Waals surface area contributed by atoms with E-state index in [2.05, 4.69) is 41.8 Å². The zero-order valence-electron chi connectivity index (χ0n) is 4.61. The van der Waals surface area contributed by atoms with Crippen LogP contribution in [0.3, 0.4) is 0 Å². The summed E-state index contributed by atoms with van der Waals surface area (Å²) in [7, 11) is 5.33. The standard InChI is InChI=1S/C5H6BIS/c1-3(6)5(7)4(2)8/h8H,1H2,2H3/b5-4-. The molecule has 0 rings (SSSR count). The molecule has 0 nitrogen and oxygen atoms in total. The second-order valence-corrected chi connectivity index (χ2v) is 3.17. The first kappa shape index (κ1) is 8.62. The highest BCUT2D eigenvalue weighted by atomic mass is 127. The van der Waals surface area contributed by atoms with Gasteiger partial charge in [0.15, 0.2) is 0 Å². The van der Waals surface area contributed by atoms with E-state index in [9.17, 15) is 0 Å². The summed E-state index contributed by atoms with van der Waals surface area (Å²) >= 11 is 6.16. The molecule has 0 spiro atoms. The van der Waals surface area contributed by atoms with E-state index in [-0.39, 0.29) is 0 Å². The van der Waals surface area contributed by atoms with Crippen LogP contribution in [0.2, 0.25) is 0 Å². The smallest absolute Gasteiger partial charge is 0.114 e. The molecule has 0 bridgehead atoms. The quantitative estimate of drug-likeness (QED) is 0.307. The van der Waals surface area contributed by atoms with Crippen molar-refractivity contribution in [3.8, 4) is 0 Å². The van der Waals surface area contributed by atoms with Crippen molar-refractivity contribution >= 4 is 43.1 Å². The van der Waals surface area contributed by atoms with Crippen molar-refractivity contribution in [3.05, 3.63) is 20.5 Å². The molecule has 0 N–H and O–H groups in total. The Hall–Kier alpha value is 0.625. The number of thiol groups is 1. The fraction of sp³-hybridized carbons (Fsp3) is 0.200. The lowest BCUT2D eigenvalue weighted by molar-refractivity contribution is 1.66. The number of hydrogen-bond acceptors (Lipinski definition) is 1. The Kier molecular flexibility index (Phi) is 3.89. The molecule has 0 amide bonds. The number of hydrogen-bond donors (Lipinski definition) is 1. The molecule has 0 saturated carbocycles. The van der Waals surface area contributed by atoms with Crippen molar-refractivity contribution < 1.29 is 0 Å². The second kappa shape index (κ2) is 3.61. The molecule has 3 heteroatoms. The van der Waals surface area contributed by atoms with Crippen LogP contribution in [0.25, 0.3) is 0 Å².